The van der Waals surface area contributed by atoms with Gasteiger partial charge in [-0.05, 0) is 34.4 Å². The lowest BCUT2D eigenvalue weighted by Gasteiger charge is -2.21. The zero-order valence-electron chi connectivity index (χ0n) is 14.4. The molecule has 1 heterocycles. The second-order valence-corrected chi connectivity index (χ2v) is 6.22. The minimum Gasteiger partial charge on any atom is -0.387 e. The van der Waals surface area contributed by atoms with Gasteiger partial charge in [0.25, 0.3) is 0 Å². The molecule has 0 aliphatic carbocycles. The largest absolute Gasteiger partial charge is 0.387 e. The summed E-state index contributed by atoms with van der Waals surface area (Å²) in [5, 5.41) is 3.27. The second-order valence-electron chi connectivity index (χ2n) is 6.22. The number of hydrogen-bond donors (Lipinski definition) is 2. The van der Waals surface area contributed by atoms with E-state index in [2.05, 4.69) is 16.9 Å². The van der Waals surface area contributed by atoms with Gasteiger partial charge in [-0.15, -0.1) is 0 Å². The highest BCUT2D eigenvalue weighted by molar-refractivity contribution is 5.85. The van der Waals surface area contributed by atoms with E-state index < -0.39 is 11.6 Å². The number of amidine groups is 1. The average Bonchev–Trinajstić information content (AvgIpc) is 2.64. The minimum absolute atomic E-state index is 0.517. The smallest absolute Gasteiger partial charge is 0.159 e. The van der Waals surface area contributed by atoms with Gasteiger partial charge in [0.2, 0.25) is 0 Å². The van der Waals surface area contributed by atoms with Gasteiger partial charge in [-0.25, -0.2) is 13.8 Å². The van der Waals surface area contributed by atoms with Crippen LogP contribution in [-0.4, -0.2) is 18.9 Å². The van der Waals surface area contributed by atoms with Gasteiger partial charge in [0.15, 0.2) is 11.6 Å². The summed E-state index contributed by atoms with van der Waals surface area (Å²) in [4.78, 5) is 4.60. The molecule has 0 aromatic heterocycles. The Kier molecular flexibility index (Phi) is 5.58. The normalized spacial score (nSPS) is 15.2. The molecule has 0 amide bonds. The third kappa shape index (κ3) is 4.24. The van der Waals surface area contributed by atoms with Crippen LogP contribution in [0.5, 0.6) is 0 Å². The van der Waals surface area contributed by atoms with Crippen LogP contribution >= 0.6 is 0 Å². The zero-order chi connectivity index (χ0) is 18.5. The molecular formula is C21H21F2N3. The lowest BCUT2D eigenvalue weighted by atomic mass is 9.94. The van der Waals surface area contributed by atoms with E-state index >= 15 is 0 Å². The molecule has 0 fully saturated rings. The van der Waals surface area contributed by atoms with Crippen LogP contribution in [0.1, 0.15) is 17.5 Å². The number of nitrogens with two attached hydrogens (primary N) is 1. The third-order valence-electron chi connectivity index (χ3n) is 4.33. The third-order valence-corrected chi connectivity index (χ3v) is 4.33. The highest BCUT2D eigenvalue weighted by Gasteiger charge is 2.17. The highest BCUT2D eigenvalue weighted by atomic mass is 19.2. The van der Waals surface area contributed by atoms with Crippen LogP contribution in [0.2, 0.25) is 0 Å². The van der Waals surface area contributed by atoms with E-state index in [1.54, 1.807) is 0 Å². The first-order valence-corrected chi connectivity index (χ1v) is 8.49. The van der Waals surface area contributed by atoms with Crippen molar-refractivity contribution < 1.29 is 8.78 Å². The lowest BCUT2D eigenvalue weighted by molar-refractivity contribution is 0.508. The molecule has 3 nitrogen and oxygen atoms in total. The molecule has 0 saturated heterocycles. The molecule has 2 aromatic rings. The Morgan fingerprint density at radius 2 is 1.88 bits per heavy atom. The van der Waals surface area contributed by atoms with Crippen LogP contribution < -0.4 is 11.1 Å². The fourth-order valence-corrected chi connectivity index (χ4v) is 2.95. The molecule has 3 rings (SSSR count). The Balaban J connectivity index is 1.89. The Bertz CT molecular complexity index is 870. The maximum absolute atomic E-state index is 13.6. The number of aliphatic imine (C=N–C) groups is 1. The first kappa shape index (κ1) is 18.0. The van der Waals surface area contributed by atoms with Crippen LogP contribution in [0.3, 0.4) is 0 Å². The predicted molar refractivity (Wildman–Crippen MR) is 102 cm³/mol. The van der Waals surface area contributed by atoms with Gasteiger partial charge in [0.05, 0.1) is 0 Å². The first-order valence-electron chi connectivity index (χ1n) is 8.49. The number of halogens is 2. The predicted octanol–water partition coefficient (Wildman–Crippen LogP) is 3.83. The fraction of sp³-hybridized carbons (Fsp3) is 0.190. The van der Waals surface area contributed by atoms with Gasteiger partial charge in [-0.2, -0.15) is 0 Å². The molecule has 2 aromatic carbocycles. The topological polar surface area (TPSA) is 50.4 Å². The Labute approximate surface area is 152 Å². The van der Waals surface area contributed by atoms with Crippen molar-refractivity contribution in [1.29, 1.82) is 0 Å². The molecule has 0 saturated carbocycles. The van der Waals surface area contributed by atoms with Crippen molar-refractivity contribution in [2.24, 2.45) is 10.7 Å². The van der Waals surface area contributed by atoms with Crippen LogP contribution in [-0.2, 0) is 6.42 Å². The fourth-order valence-electron chi connectivity index (χ4n) is 2.95. The number of rotatable bonds is 5. The standard InChI is InChI=1S/C21H21F2N3/c1-14(16-7-8-18(22)19(23)12-16)17-13-25-10-9-20(17)26-21(24)11-15-5-3-2-4-6-15/h2-8,12,25H,1,9-11,13H2,(H2,24,26). The molecule has 0 radical (unpaired) electrons. The van der Waals surface area contributed by atoms with E-state index in [1.807, 2.05) is 30.3 Å². The molecule has 1 aliphatic heterocycles. The maximum Gasteiger partial charge on any atom is 0.159 e. The lowest BCUT2D eigenvalue weighted by Crippen LogP contribution is -2.26. The molecule has 5 heteroatoms. The van der Waals surface area contributed by atoms with Crippen LogP contribution in [0.15, 0.2) is 71.4 Å². The van der Waals surface area contributed by atoms with Crippen molar-refractivity contribution in [3.8, 4) is 0 Å². The summed E-state index contributed by atoms with van der Waals surface area (Å²) < 4.78 is 26.8. The molecule has 26 heavy (non-hydrogen) atoms. The Hall–Kier alpha value is -2.79. The maximum atomic E-state index is 13.6. The Morgan fingerprint density at radius 3 is 2.62 bits per heavy atom. The van der Waals surface area contributed by atoms with E-state index in [0.29, 0.717) is 36.4 Å². The summed E-state index contributed by atoms with van der Waals surface area (Å²) in [6, 6.07) is 13.7. The van der Waals surface area contributed by atoms with Crippen molar-refractivity contribution in [3.05, 3.63) is 89.1 Å². The molecular weight excluding hydrogens is 332 g/mol. The van der Waals surface area contributed by atoms with Gasteiger partial charge in [0, 0.05) is 31.6 Å². The van der Waals surface area contributed by atoms with Crippen molar-refractivity contribution in [2.45, 2.75) is 12.8 Å². The summed E-state index contributed by atoms with van der Waals surface area (Å²) in [5.74, 6) is -1.24. The van der Waals surface area contributed by atoms with Crippen molar-refractivity contribution in [1.82, 2.24) is 5.32 Å². The van der Waals surface area contributed by atoms with Crippen LogP contribution in [0.25, 0.3) is 5.57 Å². The molecule has 0 spiro atoms. The van der Waals surface area contributed by atoms with Gasteiger partial charge in [0.1, 0.15) is 5.84 Å². The van der Waals surface area contributed by atoms with Crippen molar-refractivity contribution in [2.75, 3.05) is 13.1 Å². The van der Waals surface area contributed by atoms with Crippen molar-refractivity contribution >= 4 is 11.4 Å². The van der Waals surface area contributed by atoms with E-state index in [9.17, 15) is 8.78 Å². The molecule has 134 valence electrons. The monoisotopic (exact) mass is 353 g/mol. The molecule has 0 unspecified atom stereocenters. The van der Waals surface area contributed by atoms with Crippen LogP contribution in [0, 0.1) is 11.6 Å². The van der Waals surface area contributed by atoms with Crippen LogP contribution in [0.4, 0.5) is 8.78 Å². The zero-order valence-corrected chi connectivity index (χ0v) is 14.4. The van der Waals surface area contributed by atoms with E-state index in [-0.39, 0.29) is 0 Å². The minimum atomic E-state index is -0.887. The number of benzene rings is 2. The van der Waals surface area contributed by atoms with Gasteiger partial charge in [-0.3, -0.25) is 0 Å². The Morgan fingerprint density at radius 1 is 1.12 bits per heavy atom. The molecule has 0 bridgehead atoms. The SMILES string of the molecule is C=C(C1=C(/N=C(\N)Cc2ccccc2)CCNC1)c1ccc(F)c(F)c1. The summed E-state index contributed by atoms with van der Waals surface area (Å²) in [7, 11) is 0. The quantitative estimate of drug-likeness (QED) is 0.634. The van der Waals surface area contributed by atoms with Gasteiger partial charge < -0.3 is 11.1 Å². The average molecular weight is 353 g/mol. The number of nitrogens with zero attached hydrogens (tertiary/aromatic N) is 1. The summed E-state index contributed by atoms with van der Waals surface area (Å²) in [6.45, 7) is 5.41. The molecule has 1 aliphatic rings. The summed E-state index contributed by atoms with van der Waals surface area (Å²) in [5.41, 5.74) is 10.1. The molecule has 0 atom stereocenters. The van der Waals surface area contributed by atoms with Crippen molar-refractivity contribution in [3.63, 3.8) is 0 Å². The first-order chi connectivity index (χ1) is 12.5. The van der Waals surface area contributed by atoms with E-state index in [0.717, 1.165) is 35.5 Å². The highest BCUT2D eigenvalue weighted by Crippen LogP contribution is 2.28. The summed E-state index contributed by atoms with van der Waals surface area (Å²) >= 11 is 0. The number of hydrogen-bond acceptors (Lipinski definition) is 2. The van der Waals surface area contributed by atoms with E-state index in [4.69, 9.17) is 5.73 Å². The van der Waals surface area contributed by atoms with E-state index in [1.165, 1.54) is 6.07 Å². The number of nitrogens with one attached hydrogen (secondary N) is 1. The molecule has 3 N–H and O–H groups in total. The van der Waals surface area contributed by atoms with Gasteiger partial charge >= 0.3 is 0 Å². The van der Waals surface area contributed by atoms with Gasteiger partial charge in [-0.1, -0.05) is 43.0 Å². The second kappa shape index (κ2) is 8.06. The summed E-state index contributed by atoms with van der Waals surface area (Å²) in [6.07, 6.45) is 1.26.